The lowest BCUT2D eigenvalue weighted by atomic mass is 9.83. The van der Waals surface area contributed by atoms with Gasteiger partial charge in [0.05, 0.1) is 6.26 Å². The summed E-state index contributed by atoms with van der Waals surface area (Å²) in [6, 6.07) is 149. The van der Waals surface area contributed by atoms with Crippen LogP contribution in [0.5, 0.6) is 0 Å². The quantitative estimate of drug-likeness (QED) is 0.0878. The van der Waals surface area contributed by atoms with Crippen molar-refractivity contribution in [2.75, 3.05) is 0 Å². The molecule has 1 saturated carbocycles. The molecule has 1 nitrogen and oxygen atoms in total. The number of hydrogen-bond donors (Lipinski definition) is 0. The summed E-state index contributed by atoms with van der Waals surface area (Å²) in [5.41, 5.74) is 17.7. The number of thiophene rings is 1. The zero-order valence-corrected chi connectivity index (χ0v) is 93.9. The van der Waals surface area contributed by atoms with E-state index in [0.717, 1.165) is 11.7 Å². The third-order valence-corrected chi connectivity index (χ3v) is 30.6. The number of benzene rings is 20. The van der Waals surface area contributed by atoms with Crippen molar-refractivity contribution in [2.24, 2.45) is 0 Å². The van der Waals surface area contributed by atoms with E-state index in [2.05, 4.69) is 552 Å². The molecule has 2 heteroatoms. The highest BCUT2D eigenvalue weighted by molar-refractivity contribution is 7.10. The minimum atomic E-state index is 0.519. The predicted octanol–water partition coefficient (Wildman–Crippen LogP) is 45.4. The third kappa shape index (κ3) is 29.9. The van der Waals surface area contributed by atoms with Gasteiger partial charge in [0.15, 0.2) is 0 Å². The molecule has 149 heavy (non-hydrogen) atoms. The van der Waals surface area contributed by atoms with Crippen LogP contribution >= 0.6 is 11.3 Å². The van der Waals surface area contributed by atoms with E-state index in [1.54, 1.807) is 28.3 Å². The first-order valence-electron chi connectivity index (χ1n) is 55.4. The number of furan rings is 1. The SMILES string of the molecule is CC(C)c1c2ccccc2cc2ccccc12.CC(C)c1cc2ccccc2c2ccccc12.CC(C)c1ccc(C2CCCCC2)cc1.CC(C)c1ccc2c3c(cccc13)CC2.CC(C)c1ccc2cc3ccccc3cc2c1.CC(C)c1ccc2ccccc2c1.CC(C)c1cccc2cc3ccccc3cc12.CC(C)c1cccc2ccccc12.CC(C)c1ccccc1.CC(C)c1ccco1.CC(C)c1cccs1. The number of hydrogen-bond acceptors (Lipinski definition) is 2. The van der Waals surface area contributed by atoms with E-state index < -0.39 is 0 Å². The monoisotopic (exact) mass is 1980 g/mol. The second kappa shape index (κ2) is 54.4. The Morgan fingerprint density at radius 1 is 0.208 bits per heavy atom. The van der Waals surface area contributed by atoms with Gasteiger partial charge in [0, 0.05) is 10.8 Å². The van der Waals surface area contributed by atoms with Crippen LogP contribution in [0.25, 0.3) is 118 Å². The molecular weight excluding hydrogens is 1810 g/mol. The average Bonchev–Trinajstić information content (AvgIpc) is 1.73. The van der Waals surface area contributed by atoms with Crippen LogP contribution in [0.3, 0.4) is 0 Å². The van der Waals surface area contributed by atoms with Gasteiger partial charge < -0.3 is 4.42 Å². The molecule has 2 heterocycles. The summed E-state index contributed by atoms with van der Waals surface area (Å²) in [7, 11) is 0. The molecule has 20 aromatic carbocycles. The van der Waals surface area contributed by atoms with E-state index in [-0.39, 0.29) is 0 Å². The second-order valence-electron chi connectivity index (χ2n) is 44.0. The predicted molar refractivity (Wildman–Crippen MR) is 662 cm³/mol. The summed E-state index contributed by atoms with van der Waals surface area (Å²) < 4.78 is 5.09. The van der Waals surface area contributed by atoms with Gasteiger partial charge in [-0.3, -0.25) is 0 Å². The van der Waals surface area contributed by atoms with Gasteiger partial charge in [0.1, 0.15) is 5.76 Å². The van der Waals surface area contributed by atoms with Crippen molar-refractivity contribution in [3.8, 4) is 0 Å². The molecule has 0 atom stereocenters. The molecule has 0 radical (unpaired) electrons. The molecule has 0 amide bonds. The fourth-order valence-corrected chi connectivity index (χ4v) is 21.5. The van der Waals surface area contributed by atoms with Crippen molar-refractivity contribution in [1.29, 1.82) is 0 Å². The molecule has 24 rings (SSSR count). The summed E-state index contributed by atoms with van der Waals surface area (Å²) in [4.78, 5) is 1.48. The Balaban J connectivity index is 0.000000130. The van der Waals surface area contributed by atoms with Gasteiger partial charge in [-0.2, -0.15) is 0 Å². The number of rotatable bonds is 12. The highest BCUT2D eigenvalue weighted by atomic mass is 32.1. The Hall–Kier alpha value is -13.8. The normalized spacial score (nSPS) is 12.1. The Bertz CT molecular complexity index is 7780. The van der Waals surface area contributed by atoms with Crippen molar-refractivity contribution in [3.63, 3.8) is 0 Å². The molecule has 0 spiro atoms. The molecule has 0 unspecified atom stereocenters. The molecule has 762 valence electrons. The van der Waals surface area contributed by atoms with Gasteiger partial charge in [-0.15, -0.1) is 11.3 Å². The zero-order chi connectivity index (χ0) is 106. The minimum absolute atomic E-state index is 0.519. The molecule has 2 aromatic heterocycles. The minimum Gasteiger partial charge on any atom is -0.469 e. The van der Waals surface area contributed by atoms with Gasteiger partial charge >= 0.3 is 0 Å². The fraction of sp³-hybridized carbons (Fsp3) is 0.279. The Morgan fingerprint density at radius 2 is 0.591 bits per heavy atom. The second-order valence-corrected chi connectivity index (χ2v) is 45.0. The van der Waals surface area contributed by atoms with E-state index >= 15 is 0 Å². The highest BCUT2D eigenvalue weighted by Crippen LogP contribution is 2.41. The third-order valence-electron chi connectivity index (χ3n) is 29.4. The molecular formula is C147H162OS. The molecule has 0 bridgehead atoms. The number of aryl methyl sites for hydroxylation is 2. The van der Waals surface area contributed by atoms with Crippen LogP contribution < -0.4 is 0 Å². The first kappa shape index (κ1) is 111. The molecule has 0 N–H and O–H groups in total. The summed E-state index contributed by atoms with van der Waals surface area (Å²) in [5, 5.41) is 32.2. The first-order chi connectivity index (χ1) is 72.0. The summed E-state index contributed by atoms with van der Waals surface area (Å²) in [6.07, 6.45) is 11.3. The first-order valence-corrected chi connectivity index (χ1v) is 56.3. The summed E-state index contributed by atoms with van der Waals surface area (Å²) in [5.74, 6) is 8.55. The molecule has 2 aliphatic rings. The topological polar surface area (TPSA) is 13.1 Å². The van der Waals surface area contributed by atoms with Crippen molar-refractivity contribution < 1.29 is 4.42 Å². The molecule has 2 aliphatic carbocycles. The van der Waals surface area contributed by atoms with Crippen molar-refractivity contribution >= 4 is 130 Å². The number of fused-ring (bicyclic) bond motifs is 11. The lowest BCUT2D eigenvalue weighted by Gasteiger charge is -2.22. The smallest absolute Gasteiger partial charge is 0.106 e. The van der Waals surface area contributed by atoms with Crippen molar-refractivity contribution in [2.45, 2.75) is 268 Å². The standard InChI is InChI=1S/4C17H16.C15H16.C15H22.2C13H14.C9H12.C7H10O.C7H10S/c1-12(2)17-15-9-5-3-7-13(15)11-14-8-4-6-10-16(14)17;1-12(2)17-11-13-7-3-4-8-14(13)15-9-5-6-10-16(15)17;1-12(2)16-9-5-8-15-10-13-6-3-4-7-14(13)11-17(15)16;1-12(2)13-7-8-16-10-14-5-3-4-6-15(14)11-17(16)9-13;1-10(2)13-9-8-12-7-6-11-4-3-5-14(13)15(11)12;1-12(2)13-8-10-15(11-9-13)14-6-4-3-5-7-14;1-10(2)12-9-5-7-11-6-3-4-8-13(11)12;1-10(2)12-8-7-11-5-3-4-6-13(11)9-12;1-8(2)9-6-4-3-5-7-9;2*1-6(2)7-4-3-5-8-7/h4*3-12H,1-2H3;3-5,8-10H,6-7H2,1-2H3;8-12,14H,3-7H2,1-2H3;2*3-10H,1-2H3;3-8H,1-2H3;2*3-6H,1-2H3. The van der Waals surface area contributed by atoms with Crippen LogP contribution in [0, 0.1) is 0 Å². The lowest BCUT2D eigenvalue weighted by Crippen LogP contribution is -2.04. The maximum atomic E-state index is 5.09. The average molecular weight is 1980 g/mol. The van der Waals surface area contributed by atoms with Crippen molar-refractivity contribution in [1.82, 2.24) is 0 Å². The molecule has 0 saturated heterocycles. The van der Waals surface area contributed by atoms with Gasteiger partial charge in [-0.25, -0.2) is 0 Å². The Kier molecular flexibility index (Phi) is 40.5. The van der Waals surface area contributed by atoms with E-state index in [4.69, 9.17) is 4.42 Å². The van der Waals surface area contributed by atoms with Gasteiger partial charge in [0.2, 0.25) is 0 Å². The van der Waals surface area contributed by atoms with Crippen LogP contribution in [-0.4, -0.2) is 0 Å². The van der Waals surface area contributed by atoms with Gasteiger partial charge in [0.25, 0.3) is 0 Å². The van der Waals surface area contributed by atoms with E-state index in [1.807, 2.05) is 29.5 Å². The molecule has 22 aromatic rings. The lowest BCUT2D eigenvalue weighted by molar-refractivity contribution is 0.443. The Labute approximate surface area is 897 Å². The van der Waals surface area contributed by atoms with Crippen LogP contribution in [0.4, 0.5) is 0 Å². The van der Waals surface area contributed by atoms with Gasteiger partial charge in [-0.05, 0) is 330 Å². The largest absolute Gasteiger partial charge is 0.469 e. The van der Waals surface area contributed by atoms with E-state index in [1.165, 1.54) is 213 Å². The Morgan fingerprint density at radius 3 is 1.08 bits per heavy atom. The maximum absolute atomic E-state index is 5.09. The van der Waals surface area contributed by atoms with Crippen LogP contribution in [0.2, 0.25) is 0 Å². The van der Waals surface area contributed by atoms with E-state index in [0.29, 0.717) is 65.1 Å². The van der Waals surface area contributed by atoms with E-state index in [9.17, 15) is 0 Å². The van der Waals surface area contributed by atoms with Crippen LogP contribution in [-0.2, 0) is 12.8 Å². The van der Waals surface area contributed by atoms with Crippen LogP contribution in [0.15, 0.2) is 429 Å². The summed E-state index contributed by atoms with van der Waals surface area (Å²) >= 11 is 1.83. The van der Waals surface area contributed by atoms with Gasteiger partial charge in [-0.1, -0.05) is 536 Å². The molecule has 0 aliphatic heterocycles. The highest BCUT2D eigenvalue weighted by Gasteiger charge is 2.20. The fourth-order valence-electron chi connectivity index (χ4n) is 20.8. The molecule has 1 fully saturated rings. The maximum Gasteiger partial charge on any atom is 0.106 e. The summed E-state index contributed by atoms with van der Waals surface area (Å²) in [6.45, 7) is 49.1. The van der Waals surface area contributed by atoms with Crippen molar-refractivity contribution in [3.05, 3.63) is 502 Å². The zero-order valence-electron chi connectivity index (χ0n) is 93.1. The van der Waals surface area contributed by atoms with Crippen LogP contribution in [0.1, 0.15) is 333 Å².